The molecule has 0 atom stereocenters. The number of aryl methyl sites for hydroxylation is 1. The zero-order valence-corrected chi connectivity index (χ0v) is 16.3. The number of rotatable bonds is 8. The first-order valence-corrected chi connectivity index (χ1v) is 8.99. The Balaban J connectivity index is 1.59. The van der Waals surface area contributed by atoms with Crippen LogP contribution in [0, 0.1) is 6.92 Å². The number of nitrogens with one attached hydrogen (secondary N) is 1. The van der Waals surface area contributed by atoms with Gasteiger partial charge in [-0.25, -0.2) is 14.6 Å². The molecule has 3 aromatic rings. The summed E-state index contributed by atoms with van der Waals surface area (Å²) in [7, 11) is 1.61. The van der Waals surface area contributed by atoms with E-state index in [2.05, 4.69) is 20.4 Å². The van der Waals surface area contributed by atoms with Crippen LogP contribution in [0.5, 0.6) is 5.88 Å². The van der Waals surface area contributed by atoms with E-state index in [1.165, 1.54) is 0 Å². The van der Waals surface area contributed by atoms with E-state index in [0.717, 1.165) is 11.3 Å². The summed E-state index contributed by atoms with van der Waals surface area (Å²) in [5, 5.41) is 7.70. The lowest BCUT2D eigenvalue weighted by Crippen LogP contribution is -2.24. The van der Waals surface area contributed by atoms with E-state index in [9.17, 15) is 4.79 Å². The van der Waals surface area contributed by atoms with Crippen molar-refractivity contribution in [2.24, 2.45) is 0 Å². The molecule has 28 heavy (non-hydrogen) atoms. The van der Waals surface area contributed by atoms with E-state index in [4.69, 9.17) is 21.1 Å². The average Bonchev–Trinajstić information content (AvgIpc) is 3.10. The van der Waals surface area contributed by atoms with Crippen LogP contribution in [0.2, 0.25) is 5.02 Å². The number of amides is 1. The molecule has 146 valence electrons. The highest BCUT2D eigenvalue weighted by Crippen LogP contribution is 2.14. The third kappa shape index (κ3) is 5.05. The van der Waals surface area contributed by atoms with E-state index >= 15 is 0 Å². The lowest BCUT2D eigenvalue weighted by Gasteiger charge is -2.06. The van der Waals surface area contributed by atoms with Gasteiger partial charge in [0.25, 0.3) is 5.91 Å². The van der Waals surface area contributed by atoms with Crippen molar-refractivity contribution in [3.05, 3.63) is 64.8 Å². The quantitative estimate of drug-likeness (QED) is 0.583. The van der Waals surface area contributed by atoms with Crippen molar-refractivity contribution in [1.29, 1.82) is 0 Å². The van der Waals surface area contributed by atoms with Crippen LogP contribution in [0.1, 0.15) is 22.0 Å². The molecule has 0 aliphatic rings. The number of halogens is 1. The number of benzene rings is 1. The molecule has 1 aromatic carbocycles. The Morgan fingerprint density at radius 3 is 2.64 bits per heavy atom. The topological polar surface area (TPSA) is 91.2 Å². The van der Waals surface area contributed by atoms with Crippen LogP contribution >= 0.6 is 11.6 Å². The molecule has 0 saturated carbocycles. The van der Waals surface area contributed by atoms with E-state index in [-0.39, 0.29) is 11.7 Å². The fraction of sp³-hybridized carbons (Fsp3) is 0.263. The molecule has 2 aromatic heterocycles. The third-order valence-corrected chi connectivity index (χ3v) is 4.08. The Kier molecular flexibility index (Phi) is 6.57. The fourth-order valence-corrected chi connectivity index (χ4v) is 2.53. The van der Waals surface area contributed by atoms with Gasteiger partial charge >= 0.3 is 0 Å². The maximum absolute atomic E-state index is 12.4. The van der Waals surface area contributed by atoms with E-state index < -0.39 is 0 Å². The molecule has 8 nitrogen and oxygen atoms in total. The second-order valence-electron chi connectivity index (χ2n) is 5.90. The van der Waals surface area contributed by atoms with Crippen molar-refractivity contribution < 1.29 is 14.3 Å². The number of aromatic nitrogens is 4. The van der Waals surface area contributed by atoms with Gasteiger partial charge in [-0.1, -0.05) is 17.7 Å². The van der Waals surface area contributed by atoms with E-state index in [1.807, 2.05) is 18.2 Å². The molecule has 0 aliphatic carbocycles. The van der Waals surface area contributed by atoms with Gasteiger partial charge in [0.1, 0.15) is 12.4 Å². The number of nitrogens with zero attached hydrogens (tertiary/aromatic N) is 4. The molecular weight excluding hydrogens is 382 g/mol. The van der Waals surface area contributed by atoms with Gasteiger partial charge in [-0.15, -0.1) is 5.10 Å². The summed E-state index contributed by atoms with van der Waals surface area (Å²) in [6, 6.07) is 10.7. The second kappa shape index (κ2) is 9.29. The summed E-state index contributed by atoms with van der Waals surface area (Å²) < 4.78 is 11.9. The zero-order valence-electron chi connectivity index (χ0n) is 15.6. The molecule has 0 radical (unpaired) electrons. The van der Waals surface area contributed by atoms with Crippen LogP contribution in [0.25, 0.3) is 5.69 Å². The molecule has 0 unspecified atom stereocenters. The van der Waals surface area contributed by atoms with Crippen LogP contribution in [0.15, 0.2) is 42.6 Å². The van der Waals surface area contributed by atoms with Crippen molar-refractivity contribution in [2.75, 3.05) is 20.3 Å². The predicted molar refractivity (Wildman–Crippen MR) is 104 cm³/mol. The fourth-order valence-electron chi connectivity index (χ4n) is 2.40. The number of carbonyl (C=O) groups excluding carboxylic acids is 1. The molecular formula is C19H20ClN5O3. The minimum Gasteiger partial charge on any atom is -0.475 e. The largest absolute Gasteiger partial charge is 0.475 e. The zero-order chi connectivity index (χ0) is 19.9. The van der Waals surface area contributed by atoms with Crippen molar-refractivity contribution in [1.82, 2.24) is 25.1 Å². The Labute approximate surface area is 167 Å². The SMILES string of the molecule is COCCOc1ccc(CNC(=O)c2nc(C)n(-c3ccc(Cl)cc3)n2)cn1. The van der Waals surface area contributed by atoms with Crippen molar-refractivity contribution in [2.45, 2.75) is 13.5 Å². The molecule has 0 fully saturated rings. The highest BCUT2D eigenvalue weighted by Gasteiger charge is 2.15. The van der Waals surface area contributed by atoms with Gasteiger partial charge in [0, 0.05) is 30.9 Å². The number of hydrogen-bond donors (Lipinski definition) is 1. The van der Waals surface area contributed by atoms with Crippen LogP contribution in [-0.2, 0) is 11.3 Å². The molecule has 1 N–H and O–H groups in total. The van der Waals surface area contributed by atoms with Crippen LogP contribution in [-0.4, -0.2) is 46.0 Å². The maximum atomic E-state index is 12.4. The van der Waals surface area contributed by atoms with Crippen molar-refractivity contribution >= 4 is 17.5 Å². The Hall–Kier alpha value is -2.97. The van der Waals surface area contributed by atoms with Gasteiger partial charge in [0.05, 0.1) is 12.3 Å². The molecule has 0 spiro atoms. The Morgan fingerprint density at radius 1 is 1.18 bits per heavy atom. The first-order valence-electron chi connectivity index (χ1n) is 8.61. The van der Waals surface area contributed by atoms with Crippen LogP contribution in [0.4, 0.5) is 0 Å². The first kappa shape index (κ1) is 19.8. The standard InChI is InChI=1S/C19H20ClN5O3/c1-13-23-18(24-25(13)16-6-4-15(20)5-7-16)19(26)22-12-14-3-8-17(21-11-14)28-10-9-27-2/h3-8,11H,9-10,12H2,1-2H3,(H,22,26). The maximum Gasteiger partial charge on any atom is 0.291 e. The molecule has 1 amide bonds. The van der Waals surface area contributed by atoms with E-state index in [0.29, 0.717) is 36.5 Å². The van der Waals surface area contributed by atoms with Gasteiger partial charge < -0.3 is 14.8 Å². The summed E-state index contributed by atoms with van der Waals surface area (Å²) in [6.45, 7) is 3.01. The molecule has 2 heterocycles. The summed E-state index contributed by atoms with van der Waals surface area (Å²) in [5.74, 6) is 0.842. The van der Waals surface area contributed by atoms with Gasteiger partial charge in [-0.3, -0.25) is 4.79 Å². The number of carbonyl (C=O) groups is 1. The lowest BCUT2D eigenvalue weighted by atomic mass is 10.3. The van der Waals surface area contributed by atoms with Gasteiger partial charge in [0.15, 0.2) is 0 Å². The summed E-state index contributed by atoms with van der Waals surface area (Å²) in [6.07, 6.45) is 1.65. The molecule has 0 saturated heterocycles. The van der Waals surface area contributed by atoms with E-state index in [1.54, 1.807) is 43.1 Å². The van der Waals surface area contributed by atoms with Gasteiger partial charge in [0.2, 0.25) is 11.7 Å². The van der Waals surface area contributed by atoms with Crippen LogP contribution < -0.4 is 10.1 Å². The molecule has 0 bridgehead atoms. The molecule has 9 heteroatoms. The van der Waals surface area contributed by atoms with Crippen molar-refractivity contribution in [3.8, 4) is 11.6 Å². The third-order valence-electron chi connectivity index (χ3n) is 3.83. The number of ether oxygens (including phenoxy) is 2. The number of methoxy groups -OCH3 is 1. The Bertz CT molecular complexity index is 926. The average molecular weight is 402 g/mol. The first-order chi connectivity index (χ1) is 13.6. The Morgan fingerprint density at radius 2 is 1.96 bits per heavy atom. The summed E-state index contributed by atoms with van der Waals surface area (Å²) >= 11 is 5.91. The van der Waals surface area contributed by atoms with Gasteiger partial charge in [-0.05, 0) is 36.8 Å². The minimum atomic E-state index is -0.365. The van der Waals surface area contributed by atoms with Gasteiger partial charge in [-0.2, -0.15) is 0 Å². The number of hydrogen-bond acceptors (Lipinski definition) is 6. The highest BCUT2D eigenvalue weighted by molar-refractivity contribution is 6.30. The monoisotopic (exact) mass is 401 g/mol. The molecule has 3 rings (SSSR count). The second-order valence-corrected chi connectivity index (χ2v) is 6.34. The lowest BCUT2D eigenvalue weighted by molar-refractivity contribution is 0.0940. The minimum absolute atomic E-state index is 0.0972. The number of pyridine rings is 1. The smallest absolute Gasteiger partial charge is 0.291 e. The van der Waals surface area contributed by atoms with Crippen molar-refractivity contribution in [3.63, 3.8) is 0 Å². The highest BCUT2D eigenvalue weighted by atomic mass is 35.5. The predicted octanol–water partition coefficient (Wildman–Crippen LogP) is 2.58. The summed E-state index contributed by atoms with van der Waals surface area (Å²) in [5.41, 5.74) is 1.61. The van der Waals surface area contributed by atoms with Crippen LogP contribution in [0.3, 0.4) is 0 Å². The molecule has 0 aliphatic heterocycles. The summed E-state index contributed by atoms with van der Waals surface area (Å²) in [4.78, 5) is 20.8. The normalized spacial score (nSPS) is 10.7.